The fraction of sp³-hybridized carbons (Fsp3) is 1.00. The number of rotatable bonds is 3. The summed E-state index contributed by atoms with van der Waals surface area (Å²) in [5.41, 5.74) is 0. The highest BCUT2D eigenvalue weighted by Crippen LogP contribution is 2.37. The molecule has 0 aromatic rings. The number of hydrogen-bond donors (Lipinski definition) is 0. The maximum absolute atomic E-state index is 2.87. The molecular formula is C17H32N2. The predicted octanol–water partition coefficient (Wildman–Crippen LogP) is 3.37. The van der Waals surface area contributed by atoms with Crippen LogP contribution in [-0.2, 0) is 0 Å². The highest BCUT2D eigenvalue weighted by molar-refractivity contribution is 4.88. The Morgan fingerprint density at radius 2 is 1.58 bits per heavy atom. The zero-order valence-electron chi connectivity index (χ0n) is 12.8. The van der Waals surface area contributed by atoms with Gasteiger partial charge in [-0.2, -0.15) is 0 Å². The van der Waals surface area contributed by atoms with Crippen molar-refractivity contribution in [1.82, 2.24) is 9.80 Å². The van der Waals surface area contributed by atoms with E-state index in [9.17, 15) is 0 Å². The molecule has 2 nitrogen and oxygen atoms in total. The maximum Gasteiger partial charge on any atom is 0.0120 e. The molecule has 0 bridgehead atoms. The van der Waals surface area contributed by atoms with Gasteiger partial charge >= 0.3 is 0 Å². The van der Waals surface area contributed by atoms with Crippen LogP contribution in [0, 0.1) is 11.8 Å². The van der Waals surface area contributed by atoms with E-state index in [1.165, 1.54) is 84.1 Å². The Balaban J connectivity index is 1.48. The van der Waals surface area contributed by atoms with Crippen molar-refractivity contribution < 1.29 is 0 Å². The van der Waals surface area contributed by atoms with E-state index in [0.717, 1.165) is 17.9 Å². The van der Waals surface area contributed by atoms with E-state index in [1.807, 2.05) is 0 Å². The number of nitrogens with zero attached hydrogens (tertiary/aromatic N) is 2. The van der Waals surface area contributed by atoms with Gasteiger partial charge in [0.25, 0.3) is 0 Å². The average molecular weight is 264 g/mol. The molecule has 0 amide bonds. The van der Waals surface area contributed by atoms with Crippen LogP contribution in [-0.4, -0.2) is 48.6 Å². The van der Waals surface area contributed by atoms with E-state index < -0.39 is 0 Å². The molecule has 1 saturated carbocycles. The van der Waals surface area contributed by atoms with Crippen LogP contribution in [0.3, 0.4) is 0 Å². The number of fused-ring (bicyclic) bond motifs is 1. The van der Waals surface area contributed by atoms with E-state index in [-0.39, 0.29) is 0 Å². The number of hydrogen-bond acceptors (Lipinski definition) is 2. The van der Waals surface area contributed by atoms with Crippen molar-refractivity contribution in [2.45, 2.75) is 64.3 Å². The number of likely N-dealkylation sites (tertiary alicyclic amines) is 2. The minimum atomic E-state index is 0.913. The largest absolute Gasteiger partial charge is 0.303 e. The minimum absolute atomic E-state index is 0.913. The van der Waals surface area contributed by atoms with Crippen molar-refractivity contribution >= 4 is 0 Å². The van der Waals surface area contributed by atoms with Gasteiger partial charge in [-0.05, 0) is 70.1 Å². The Kier molecular flexibility index (Phi) is 4.81. The summed E-state index contributed by atoms with van der Waals surface area (Å²) in [6.07, 6.45) is 11.7. The van der Waals surface area contributed by atoms with Gasteiger partial charge in [0.15, 0.2) is 0 Å². The third-order valence-electron chi connectivity index (χ3n) is 5.94. The van der Waals surface area contributed by atoms with Gasteiger partial charge in [0.2, 0.25) is 0 Å². The Hall–Kier alpha value is -0.0800. The van der Waals surface area contributed by atoms with Crippen molar-refractivity contribution in [3.8, 4) is 0 Å². The zero-order chi connectivity index (χ0) is 13.1. The summed E-state index contributed by atoms with van der Waals surface area (Å²) in [5, 5.41) is 0. The first-order valence-electron chi connectivity index (χ1n) is 8.83. The van der Waals surface area contributed by atoms with Crippen LogP contribution in [0.2, 0.25) is 0 Å². The molecule has 2 aliphatic heterocycles. The van der Waals surface area contributed by atoms with Crippen LogP contribution in [0.25, 0.3) is 0 Å². The summed E-state index contributed by atoms with van der Waals surface area (Å²) in [4.78, 5) is 5.54. The van der Waals surface area contributed by atoms with Gasteiger partial charge in [-0.1, -0.05) is 26.2 Å². The monoisotopic (exact) mass is 264 g/mol. The van der Waals surface area contributed by atoms with E-state index in [0.29, 0.717) is 0 Å². The van der Waals surface area contributed by atoms with Crippen LogP contribution in [0.4, 0.5) is 0 Å². The molecule has 2 heterocycles. The molecular weight excluding hydrogens is 232 g/mol. The third kappa shape index (κ3) is 3.33. The minimum Gasteiger partial charge on any atom is -0.303 e. The van der Waals surface area contributed by atoms with Crippen molar-refractivity contribution in [2.24, 2.45) is 11.8 Å². The normalized spacial score (nSPS) is 35.2. The van der Waals surface area contributed by atoms with Gasteiger partial charge in [0.1, 0.15) is 0 Å². The summed E-state index contributed by atoms with van der Waals surface area (Å²) in [6.45, 7) is 9.16. The lowest BCUT2D eigenvalue weighted by atomic mass is 9.74. The van der Waals surface area contributed by atoms with E-state index >= 15 is 0 Å². The van der Waals surface area contributed by atoms with Crippen LogP contribution < -0.4 is 0 Å². The van der Waals surface area contributed by atoms with E-state index in [2.05, 4.69) is 16.7 Å². The van der Waals surface area contributed by atoms with Gasteiger partial charge in [0.05, 0.1) is 0 Å². The maximum atomic E-state index is 2.87. The molecule has 3 fully saturated rings. The molecule has 0 N–H and O–H groups in total. The van der Waals surface area contributed by atoms with Crippen LogP contribution in [0.15, 0.2) is 0 Å². The van der Waals surface area contributed by atoms with E-state index in [4.69, 9.17) is 0 Å². The molecule has 2 atom stereocenters. The van der Waals surface area contributed by atoms with E-state index in [1.54, 1.807) is 0 Å². The fourth-order valence-electron chi connectivity index (χ4n) is 4.78. The molecule has 19 heavy (non-hydrogen) atoms. The molecule has 0 radical (unpaired) electrons. The van der Waals surface area contributed by atoms with Gasteiger partial charge < -0.3 is 4.90 Å². The summed E-state index contributed by atoms with van der Waals surface area (Å²) in [7, 11) is 0. The Morgan fingerprint density at radius 1 is 0.842 bits per heavy atom. The summed E-state index contributed by atoms with van der Waals surface area (Å²) >= 11 is 0. The highest BCUT2D eigenvalue weighted by Gasteiger charge is 2.34. The summed E-state index contributed by atoms with van der Waals surface area (Å²) in [6, 6.07) is 0.913. The molecule has 1 aliphatic carbocycles. The van der Waals surface area contributed by atoms with Crippen molar-refractivity contribution in [3.05, 3.63) is 0 Å². The molecule has 3 rings (SSSR count). The Morgan fingerprint density at radius 3 is 2.32 bits per heavy atom. The second kappa shape index (κ2) is 6.58. The SMILES string of the molecule is CCCN1CCC(N2CC[C@@H]3CCCC[C@@H]3C2)CC1. The van der Waals surface area contributed by atoms with Crippen molar-refractivity contribution in [1.29, 1.82) is 0 Å². The summed E-state index contributed by atoms with van der Waals surface area (Å²) < 4.78 is 0. The molecule has 0 aromatic carbocycles. The van der Waals surface area contributed by atoms with Crippen LogP contribution in [0.5, 0.6) is 0 Å². The van der Waals surface area contributed by atoms with Gasteiger partial charge in [0, 0.05) is 12.6 Å². The number of piperidine rings is 2. The zero-order valence-corrected chi connectivity index (χ0v) is 12.8. The second-order valence-electron chi connectivity index (χ2n) is 7.16. The lowest BCUT2D eigenvalue weighted by Crippen LogP contribution is -2.50. The fourth-order valence-corrected chi connectivity index (χ4v) is 4.78. The third-order valence-corrected chi connectivity index (χ3v) is 5.94. The second-order valence-corrected chi connectivity index (χ2v) is 7.16. The topological polar surface area (TPSA) is 6.48 Å². The van der Waals surface area contributed by atoms with Crippen LogP contribution in [0.1, 0.15) is 58.3 Å². The predicted molar refractivity (Wildman–Crippen MR) is 81.4 cm³/mol. The van der Waals surface area contributed by atoms with Gasteiger partial charge in [-0.3, -0.25) is 4.90 Å². The van der Waals surface area contributed by atoms with Gasteiger partial charge in [-0.15, -0.1) is 0 Å². The molecule has 110 valence electrons. The first-order chi connectivity index (χ1) is 9.36. The molecule has 2 saturated heterocycles. The van der Waals surface area contributed by atoms with Crippen molar-refractivity contribution in [3.63, 3.8) is 0 Å². The van der Waals surface area contributed by atoms with Crippen molar-refractivity contribution in [2.75, 3.05) is 32.7 Å². The summed E-state index contributed by atoms with van der Waals surface area (Å²) in [5.74, 6) is 2.14. The average Bonchev–Trinajstić information content (AvgIpc) is 2.48. The first-order valence-corrected chi connectivity index (χ1v) is 8.83. The smallest absolute Gasteiger partial charge is 0.0120 e. The molecule has 0 unspecified atom stereocenters. The van der Waals surface area contributed by atoms with Gasteiger partial charge in [-0.25, -0.2) is 0 Å². The Labute approximate surface area is 119 Å². The first kappa shape index (κ1) is 13.9. The highest BCUT2D eigenvalue weighted by atomic mass is 15.2. The Bertz CT molecular complexity index is 270. The quantitative estimate of drug-likeness (QED) is 0.771. The molecule has 0 spiro atoms. The molecule has 2 heteroatoms. The van der Waals surface area contributed by atoms with Crippen LogP contribution >= 0.6 is 0 Å². The lowest BCUT2D eigenvalue weighted by Gasteiger charge is -2.46. The molecule has 3 aliphatic rings. The lowest BCUT2D eigenvalue weighted by molar-refractivity contribution is 0.0311. The molecule has 0 aromatic heterocycles. The standard InChI is InChI=1S/C17H32N2/c1-2-10-18-11-8-17(9-12-18)19-13-7-15-5-3-4-6-16(15)14-19/h15-17H,2-14H2,1H3/t15-,16+/m0/s1.